The van der Waals surface area contributed by atoms with E-state index in [2.05, 4.69) is 6.92 Å². The van der Waals surface area contributed by atoms with Gasteiger partial charge in [-0.15, -0.1) is 11.8 Å². The van der Waals surface area contributed by atoms with Crippen molar-refractivity contribution in [2.24, 2.45) is 0 Å². The molecular weight excluding hydrogens is 221 g/mol. The molecule has 0 radical (unpaired) electrons. The lowest BCUT2D eigenvalue weighted by molar-refractivity contribution is 0.602. The minimum absolute atomic E-state index is 0.196. The third-order valence-corrected chi connectivity index (χ3v) is 3.60. The fourth-order valence-electron chi connectivity index (χ4n) is 1.52. The smallest absolute Gasteiger partial charge is 0.138 e. The monoisotopic (exact) mass is 241 g/mol. The molecule has 0 aliphatic carbocycles. The van der Waals surface area contributed by atoms with E-state index in [0.717, 1.165) is 12.2 Å². The van der Waals surface area contributed by atoms with Gasteiger partial charge in [-0.3, -0.25) is 0 Å². The molecule has 0 aromatic heterocycles. The highest BCUT2D eigenvalue weighted by molar-refractivity contribution is 7.99. The molecule has 16 heavy (non-hydrogen) atoms. The van der Waals surface area contributed by atoms with Crippen molar-refractivity contribution in [2.45, 2.75) is 43.9 Å². The number of hydrogen-bond donors (Lipinski definition) is 1. The zero-order valence-corrected chi connectivity index (χ0v) is 10.7. The molecule has 1 rings (SSSR count). The molecule has 0 atom stereocenters. The first kappa shape index (κ1) is 13.4. The van der Waals surface area contributed by atoms with Gasteiger partial charge in [0.25, 0.3) is 0 Å². The van der Waals surface area contributed by atoms with Gasteiger partial charge in [-0.2, -0.15) is 0 Å². The topological polar surface area (TPSA) is 26.0 Å². The molecule has 0 unspecified atom stereocenters. The second-order valence-corrected chi connectivity index (χ2v) is 5.09. The van der Waals surface area contributed by atoms with Gasteiger partial charge in [0.15, 0.2) is 0 Å². The summed E-state index contributed by atoms with van der Waals surface area (Å²) in [5, 5.41) is 0. The molecule has 0 aliphatic heterocycles. The Kier molecular flexibility index (Phi) is 6.31. The number of unbranched alkanes of at least 4 members (excludes halogenated alkanes) is 4. The van der Waals surface area contributed by atoms with Crippen molar-refractivity contribution in [3.63, 3.8) is 0 Å². The lowest BCUT2D eigenvalue weighted by atomic mass is 10.2. The molecule has 0 bridgehead atoms. The highest BCUT2D eigenvalue weighted by Crippen LogP contribution is 2.24. The minimum atomic E-state index is -0.196. The van der Waals surface area contributed by atoms with Crippen molar-refractivity contribution in [2.75, 3.05) is 11.5 Å². The highest BCUT2D eigenvalue weighted by atomic mass is 32.2. The van der Waals surface area contributed by atoms with Gasteiger partial charge in [0.2, 0.25) is 0 Å². The van der Waals surface area contributed by atoms with Crippen LogP contribution in [0, 0.1) is 5.82 Å². The van der Waals surface area contributed by atoms with Crippen molar-refractivity contribution in [1.29, 1.82) is 0 Å². The van der Waals surface area contributed by atoms with Crippen LogP contribution in [0.5, 0.6) is 0 Å². The van der Waals surface area contributed by atoms with E-state index in [1.54, 1.807) is 23.9 Å². The maximum atomic E-state index is 13.4. The van der Waals surface area contributed by atoms with E-state index >= 15 is 0 Å². The molecule has 0 fully saturated rings. The summed E-state index contributed by atoms with van der Waals surface area (Å²) in [4.78, 5) is 0.713. The Balaban J connectivity index is 2.21. The first-order valence-electron chi connectivity index (χ1n) is 5.92. The summed E-state index contributed by atoms with van der Waals surface area (Å²) in [6, 6.07) is 4.91. The molecule has 1 aromatic rings. The predicted molar refractivity (Wildman–Crippen MR) is 70.3 cm³/mol. The molecule has 2 N–H and O–H groups in total. The Morgan fingerprint density at radius 1 is 1.19 bits per heavy atom. The Hall–Kier alpha value is -0.700. The van der Waals surface area contributed by atoms with Crippen LogP contribution in [-0.4, -0.2) is 5.75 Å². The van der Waals surface area contributed by atoms with E-state index in [1.165, 1.54) is 31.7 Å². The van der Waals surface area contributed by atoms with E-state index in [1.807, 2.05) is 0 Å². The molecule has 90 valence electrons. The summed E-state index contributed by atoms with van der Waals surface area (Å²) >= 11 is 1.58. The van der Waals surface area contributed by atoms with Crippen LogP contribution in [0.3, 0.4) is 0 Å². The SMILES string of the molecule is CCCCCCCSc1ccc(N)cc1F. The molecule has 0 heterocycles. The van der Waals surface area contributed by atoms with Crippen molar-refractivity contribution in [1.82, 2.24) is 0 Å². The second kappa shape index (κ2) is 7.55. The molecule has 0 saturated carbocycles. The normalized spacial score (nSPS) is 10.6. The van der Waals surface area contributed by atoms with Crippen molar-refractivity contribution >= 4 is 17.4 Å². The van der Waals surface area contributed by atoms with Crippen LogP contribution in [0.4, 0.5) is 10.1 Å². The van der Waals surface area contributed by atoms with Gasteiger partial charge in [0, 0.05) is 10.6 Å². The number of nitrogens with two attached hydrogens (primary N) is 1. The van der Waals surface area contributed by atoms with Crippen LogP contribution in [0.15, 0.2) is 23.1 Å². The molecule has 0 saturated heterocycles. The third-order valence-electron chi connectivity index (χ3n) is 2.46. The summed E-state index contributed by atoms with van der Waals surface area (Å²) in [6.45, 7) is 2.21. The van der Waals surface area contributed by atoms with Gasteiger partial charge < -0.3 is 5.73 Å². The highest BCUT2D eigenvalue weighted by Gasteiger charge is 2.02. The van der Waals surface area contributed by atoms with Gasteiger partial charge in [-0.1, -0.05) is 32.6 Å². The fraction of sp³-hybridized carbons (Fsp3) is 0.538. The summed E-state index contributed by atoms with van der Waals surface area (Å²) in [6.07, 6.45) is 6.27. The fourth-order valence-corrected chi connectivity index (χ4v) is 2.45. The van der Waals surface area contributed by atoms with Gasteiger partial charge >= 0.3 is 0 Å². The molecule has 0 spiro atoms. The van der Waals surface area contributed by atoms with Gasteiger partial charge in [0.05, 0.1) is 0 Å². The molecule has 0 amide bonds. The van der Waals surface area contributed by atoms with Gasteiger partial charge in [0.1, 0.15) is 5.82 Å². The molecule has 1 aromatic carbocycles. The lowest BCUT2D eigenvalue weighted by Crippen LogP contribution is -1.89. The van der Waals surface area contributed by atoms with Gasteiger partial charge in [-0.05, 0) is 30.4 Å². The van der Waals surface area contributed by atoms with Gasteiger partial charge in [-0.25, -0.2) is 4.39 Å². The van der Waals surface area contributed by atoms with Crippen LogP contribution in [0.1, 0.15) is 39.0 Å². The Morgan fingerprint density at radius 2 is 1.94 bits per heavy atom. The number of hydrogen-bond acceptors (Lipinski definition) is 2. The molecule has 1 nitrogen and oxygen atoms in total. The summed E-state index contributed by atoms with van der Waals surface area (Å²) < 4.78 is 13.4. The number of halogens is 1. The number of anilines is 1. The first-order valence-corrected chi connectivity index (χ1v) is 6.90. The van der Waals surface area contributed by atoms with Crippen LogP contribution in [0.2, 0.25) is 0 Å². The third kappa shape index (κ3) is 4.88. The number of nitrogen functional groups attached to an aromatic ring is 1. The predicted octanol–water partition coefficient (Wildman–Crippen LogP) is 4.47. The maximum absolute atomic E-state index is 13.4. The van der Waals surface area contributed by atoms with E-state index in [-0.39, 0.29) is 5.82 Å². The van der Waals surface area contributed by atoms with Crippen molar-refractivity contribution < 1.29 is 4.39 Å². The standard InChI is InChI=1S/C13H20FNS/c1-2-3-4-5-6-9-16-13-8-7-11(15)10-12(13)14/h7-8,10H,2-6,9,15H2,1H3. The first-order chi connectivity index (χ1) is 7.74. The van der Waals surface area contributed by atoms with Crippen molar-refractivity contribution in [3.05, 3.63) is 24.0 Å². The average molecular weight is 241 g/mol. The maximum Gasteiger partial charge on any atom is 0.138 e. The van der Waals surface area contributed by atoms with E-state index in [0.29, 0.717) is 10.6 Å². The summed E-state index contributed by atoms with van der Waals surface area (Å²) in [5.74, 6) is 0.795. The minimum Gasteiger partial charge on any atom is -0.399 e. The van der Waals surface area contributed by atoms with E-state index in [9.17, 15) is 4.39 Å². The molecule has 3 heteroatoms. The molecule has 0 aliphatic rings. The Morgan fingerprint density at radius 3 is 2.62 bits per heavy atom. The molecular formula is C13H20FNS. The van der Waals surface area contributed by atoms with E-state index < -0.39 is 0 Å². The summed E-state index contributed by atoms with van der Waals surface area (Å²) in [7, 11) is 0. The van der Waals surface area contributed by atoms with Crippen LogP contribution in [0.25, 0.3) is 0 Å². The summed E-state index contributed by atoms with van der Waals surface area (Å²) in [5.41, 5.74) is 5.98. The Bertz CT molecular complexity index is 315. The van der Waals surface area contributed by atoms with Crippen LogP contribution >= 0.6 is 11.8 Å². The largest absolute Gasteiger partial charge is 0.399 e. The van der Waals surface area contributed by atoms with E-state index in [4.69, 9.17) is 5.73 Å². The quantitative estimate of drug-likeness (QED) is 0.433. The number of rotatable bonds is 7. The number of benzene rings is 1. The lowest BCUT2D eigenvalue weighted by Gasteiger charge is -2.04. The average Bonchev–Trinajstić information content (AvgIpc) is 2.26. The van der Waals surface area contributed by atoms with Crippen LogP contribution < -0.4 is 5.73 Å². The number of thioether (sulfide) groups is 1. The second-order valence-electron chi connectivity index (χ2n) is 3.95. The Labute approximate surface area is 102 Å². The van der Waals surface area contributed by atoms with Crippen molar-refractivity contribution in [3.8, 4) is 0 Å². The zero-order chi connectivity index (χ0) is 11.8. The van der Waals surface area contributed by atoms with Crippen LogP contribution in [-0.2, 0) is 0 Å². The zero-order valence-electron chi connectivity index (χ0n) is 9.84.